The van der Waals surface area contributed by atoms with Gasteiger partial charge in [-0.05, 0) is 26.4 Å². The highest BCUT2D eigenvalue weighted by atomic mass is 32.2. The van der Waals surface area contributed by atoms with E-state index in [-0.39, 0.29) is 17.5 Å². The van der Waals surface area contributed by atoms with Crippen LogP contribution in [0.25, 0.3) is 0 Å². The lowest BCUT2D eigenvalue weighted by Gasteiger charge is -2.15. The SMILES string of the molecule is CCCS(=O)(=O)CCN(C)CCCC(=O)OC. The van der Waals surface area contributed by atoms with E-state index >= 15 is 0 Å². The number of ether oxygens (including phenoxy) is 1. The van der Waals surface area contributed by atoms with Crippen LogP contribution in [-0.2, 0) is 19.4 Å². The Kier molecular flexibility index (Phi) is 8.16. The predicted octanol–water partition coefficient (Wildman–Crippen LogP) is 0.696. The first kappa shape index (κ1) is 16.4. The van der Waals surface area contributed by atoms with Gasteiger partial charge in [-0.15, -0.1) is 0 Å². The molecule has 0 unspecified atom stereocenters. The summed E-state index contributed by atoms with van der Waals surface area (Å²) in [4.78, 5) is 12.8. The van der Waals surface area contributed by atoms with Gasteiger partial charge >= 0.3 is 5.97 Å². The van der Waals surface area contributed by atoms with E-state index in [0.717, 1.165) is 0 Å². The van der Waals surface area contributed by atoms with Crippen LogP contribution in [0.15, 0.2) is 0 Å². The van der Waals surface area contributed by atoms with Crippen LogP contribution in [0.1, 0.15) is 26.2 Å². The lowest BCUT2D eigenvalue weighted by molar-refractivity contribution is -0.140. The molecule has 0 bridgehead atoms. The molecule has 0 radical (unpaired) electrons. The van der Waals surface area contributed by atoms with Gasteiger partial charge in [-0.25, -0.2) is 8.42 Å². The monoisotopic (exact) mass is 265 g/mol. The van der Waals surface area contributed by atoms with Gasteiger partial charge in [0.25, 0.3) is 0 Å². The number of sulfone groups is 1. The van der Waals surface area contributed by atoms with Crippen molar-refractivity contribution in [2.24, 2.45) is 0 Å². The Morgan fingerprint density at radius 3 is 2.41 bits per heavy atom. The van der Waals surface area contributed by atoms with Gasteiger partial charge < -0.3 is 9.64 Å². The van der Waals surface area contributed by atoms with Gasteiger partial charge in [0.2, 0.25) is 0 Å². The summed E-state index contributed by atoms with van der Waals surface area (Å²) in [5.74, 6) is 0.218. The number of hydrogen-bond donors (Lipinski definition) is 0. The summed E-state index contributed by atoms with van der Waals surface area (Å²) in [7, 11) is 0.318. The summed E-state index contributed by atoms with van der Waals surface area (Å²) >= 11 is 0. The normalized spacial score (nSPS) is 11.8. The van der Waals surface area contributed by atoms with E-state index in [1.807, 2.05) is 18.9 Å². The summed E-state index contributed by atoms with van der Waals surface area (Å²) < 4.78 is 27.4. The van der Waals surface area contributed by atoms with E-state index in [1.54, 1.807) is 0 Å². The maximum absolute atomic E-state index is 11.5. The third kappa shape index (κ3) is 9.12. The Morgan fingerprint density at radius 2 is 1.88 bits per heavy atom. The van der Waals surface area contributed by atoms with Crippen molar-refractivity contribution in [1.29, 1.82) is 0 Å². The third-order valence-electron chi connectivity index (χ3n) is 2.45. The van der Waals surface area contributed by atoms with Crippen molar-refractivity contribution in [3.8, 4) is 0 Å². The van der Waals surface area contributed by atoms with Crippen molar-refractivity contribution < 1.29 is 17.9 Å². The first-order chi connectivity index (χ1) is 7.91. The molecule has 0 N–H and O–H groups in total. The highest BCUT2D eigenvalue weighted by Gasteiger charge is 2.11. The van der Waals surface area contributed by atoms with Crippen molar-refractivity contribution in [3.63, 3.8) is 0 Å². The van der Waals surface area contributed by atoms with Crippen LogP contribution in [0, 0.1) is 0 Å². The molecule has 0 heterocycles. The largest absolute Gasteiger partial charge is 0.469 e. The lowest BCUT2D eigenvalue weighted by atomic mass is 10.3. The second kappa shape index (κ2) is 8.47. The molecule has 17 heavy (non-hydrogen) atoms. The Balaban J connectivity index is 3.73. The summed E-state index contributed by atoms with van der Waals surface area (Å²) in [6.45, 7) is 3.08. The number of carbonyl (C=O) groups excluding carboxylic acids is 1. The zero-order chi connectivity index (χ0) is 13.3. The second-order valence-corrected chi connectivity index (χ2v) is 6.44. The first-order valence-corrected chi connectivity index (χ1v) is 7.69. The van der Waals surface area contributed by atoms with E-state index in [1.165, 1.54) is 7.11 Å². The van der Waals surface area contributed by atoms with Crippen molar-refractivity contribution in [2.75, 3.05) is 38.8 Å². The maximum atomic E-state index is 11.5. The van der Waals surface area contributed by atoms with Crippen LogP contribution in [0.5, 0.6) is 0 Å². The molecule has 0 saturated heterocycles. The molecule has 102 valence electrons. The Morgan fingerprint density at radius 1 is 1.24 bits per heavy atom. The Labute approximate surface area is 104 Å². The molecule has 0 rings (SSSR count). The number of rotatable bonds is 9. The molecule has 0 aliphatic rings. The highest BCUT2D eigenvalue weighted by molar-refractivity contribution is 7.91. The zero-order valence-corrected chi connectivity index (χ0v) is 11.8. The van der Waals surface area contributed by atoms with E-state index in [2.05, 4.69) is 4.74 Å². The van der Waals surface area contributed by atoms with Gasteiger partial charge in [0.15, 0.2) is 9.84 Å². The maximum Gasteiger partial charge on any atom is 0.305 e. The number of carbonyl (C=O) groups is 1. The number of hydrogen-bond acceptors (Lipinski definition) is 5. The standard InChI is InChI=1S/C11H23NO4S/c1-4-9-17(14,15)10-8-12(2)7-5-6-11(13)16-3/h4-10H2,1-3H3. The summed E-state index contributed by atoms with van der Waals surface area (Å²) in [6, 6.07) is 0. The summed E-state index contributed by atoms with van der Waals surface area (Å²) in [6.07, 6.45) is 1.73. The fraction of sp³-hybridized carbons (Fsp3) is 0.909. The fourth-order valence-electron chi connectivity index (χ4n) is 1.42. The average molecular weight is 265 g/mol. The van der Waals surface area contributed by atoms with Crippen LogP contribution in [0.3, 0.4) is 0 Å². The molecule has 5 nitrogen and oxygen atoms in total. The molecule has 0 aromatic rings. The second-order valence-electron chi connectivity index (χ2n) is 4.13. The molecule has 0 aromatic heterocycles. The van der Waals surface area contributed by atoms with Gasteiger partial charge in [0.1, 0.15) is 0 Å². The van der Waals surface area contributed by atoms with Crippen molar-refractivity contribution in [3.05, 3.63) is 0 Å². The van der Waals surface area contributed by atoms with E-state index in [4.69, 9.17) is 0 Å². The fourth-order valence-corrected chi connectivity index (χ4v) is 2.83. The molecule has 0 amide bonds. The summed E-state index contributed by atoms with van der Waals surface area (Å²) in [5.41, 5.74) is 0. The van der Waals surface area contributed by atoms with Gasteiger partial charge in [-0.2, -0.15) is 0 Å². The van der Waals surface area contributed by atoms with Crippen LogP contribution in [0.4, 0.5) is 0 Å². The molecule has 0 spiro atoms. The molecule has 0 atom stereocenters. The van der Waals surface area contributed by atoms with Gasteiger partial charge in [-0.1, -0.05) is 6.92 Å². The average Bonchev–Trinajstić information content (AvgIpc) is 2.26. The number of methoxy groups -OCH3 is 1. The zero-order valence-electron chi connectivity index (χ0n) is 10.9. The van der Waals surface area contributed by atoms with Crippen LogP contribution < -0.4 is 0 Å². The van der Waals surface area contributed by atoms with Crippen LogP contribution in [0.2, 0.25) is 0 Å². The van der Waals surface area contributed by atoms with Gasteiger partial charge in [0, 0.05) is 18.7 Å². The molecule has 0 aromatic carbocycles. The smallest absolute Gasteiger partial charge is 0.305 e. The third-order valence-corrected chi connectivity index (χ3v) is 4.28. The molecular weight excluding hydrogens is 242 g/mol. The van der Waals surface area contributed by atoms with Gasteiger partial charge in [0.05, 0.1) is 12.9 Å². The minimum Gasteiger partial charge on any atom is -0.469 e. The van der Waals surface area contributed by atoms with Crippen molar-refractivity contribution in [1.82, 2.24) is 4.90 Å². The highest BCUT2D eigenvalue weighted by Crippen LogP contribution is 1.98. The molecule has 0 aliphatic carbocycles. The van der Waals surface area contributed by atoms with E-state index in [9.17, 15) is 13.2 Å². The van der Waals surface area contributed by atoms with Crippen molar-refractivity contribution >= 4 is 15.8 Å². The topological polar surface area (TPSA) is 63.7 Å². The van der Waals surface area contributed by atoms with E-state index in [0.29, 0.717) is 32.4 Å². The quantitative estimate of drug-likeness (QED) is 0.574. The van der Waals surface area contributed by atoms with E-state index < -0.39 is 9.84 Å². The molecule has 0 aliphatic heterocycles. The Bertz CT molecular complexity index is 313. The van der Waals surface area contributed by atoms with Crippen LogP contribution >= 0.6 is 0 Å². The first-order valence-electron chi connectivity index (χ1n) is 5.87. The van der Waals surface area contributed by atoms with Gasteiger partial charge in [-0.3, -0.25) is 4.79 Å². The molecular formula is C11H23NO4S. The minimum absolute atomic E-state index is 0.190. The number of nitrogens with zero attached hydrogens (tertiary/aromatic N) is 1. The lowest BCUT2D eigenvalue weighted by Crippen LogP contribution is -2.28. The predicted molar refractivity (Wildman–Crippen MR) is 67.7 cm³/mol. The minimum atomic E-state index is -2.91. The van der Waals surface area contributed by atoms with Crippen LogP contribution in [-0.4, -0.2) is 58.0 Å². The summed E-state index contributed by atoms with van der Waals surface area (Å²) in [5, 5.41) is 0. The molecule has 0 saturated carbocycles. The molecule has 0 fully saturated rings. The number of esters is 1. The molecule has 6 heteroatoms. The van der Waals surface area contributed by atoms with Crippen molar-refractivity contribution in [2.45, 2.75) is 26.2 Å². The Hall–Kier alpha value is -0.620.